The molecule has 0 radical (unpaired) electrons. The molecule has 3 rings (SSSR count). The minimum atomic E-state index is -4.71. The summed E-state index contributed by atoms with van der Waals surface area (Å²) in [5.74, 6) is 1.00. The van der Waals surface area contributed by atoms with Gasteiger partial charge in [-0.25, -0.2) is 0 Å². The van der Waals surface area contributed by atoms with Gasteiger partial charge in [-0.1, -0.05) is 6.92 Å². The molecule has 2 aromatic rings. The topological polar surface area (TPSA) is 175 Å². The van der Waals surface area contributed by atoms with Crippen LogP contribution in [0.5, 0.6) is 0 Å². The summed E-state index contributed by atoms with van der Waals surface area (Å²) in [6.07, 6.45) is 0.967. The summed E-state index contributed by atoms with van der Waals surface area (Å²) < 4.78 is 65.1. The standard InChI is InChI=1S/C16H22N6O6S2/c1-3-17-14-19-15(21-16(20-14)22-7-6-10(2)9-22)18-12-8-11(29(23,24)25)4-5-13(12)30(26,27)28/h4-5,8,10H,3,6-7,9H2,1-2H3,(H,23,24,25)(H,26,27,28)(H2,17,18,19,20,21). The number of anilines is 4. The lowest BCUT2D eigenvalue weighted by Gasteiger charge is -2.18. The van der Waals surface area contributed by atoms with Gasteiger partial charge in [-0.05, 0) is 37.5 Å². The molecule has 30 heavy (non-hydrogen) atoms. The smallest absolute Gasteiger partial charge is 0.296 e. The van der Waals surface area contributed by atoms with E-state index in [2.05, 4.69) is 32.5 Å². The summed E-state index contributed by atoms with van der Waals surface area (Å²) >= 11 is 0. The van der Waals surface area contributed by atoms with E-state index >= 15 is 0 Å². The number of benzene rings is 1. The predicted octanol–water partition coefficient (Wildman–Crippen LogP) is 1.39. The maximum absolute atomic E-state index is 11.7. The number of hydrogen-bond donors (Lipinski definition) is 4. The van der Waals surface area contributed by atoms with Crippen molar-refractivity contribution < 1.29 is 25.9 Å². The Labute approximate surface area is 174 Å². The Morgan fingerprint density at radius 3 is 2.37 bits per heavy atom. The first-order valence-corrected chi connectivity index (χ1v) is 12.0. The maximum Gasteiger partial charge on any atom is 0.296 e. The van der Waals surface area contributed by atoms with Gasteiger partial charge in [0.05, 0.1) is 10.6 Å². The van der Waals surface area contributed by atoms with Crippen LogP contribution in [0.1, 0.15) is 20.3 Å². The van der Waals surface area contributed by atoms with Crippen LogP contribution in [-0.2, 0) is 20.2 Å². The molecule has 1 aromatic carbocycles. The maximum atomic E-state index is 11.7. The van der Waals surface area contributed by atoms with Crippen LogP contribution >= 0.6 is 0 Å². The number of rotatable bonds is 7. The molecule has 1 saturated heterocycles. The summed E-state index contributed by atoms with van der Waals surface area (Å²) in [5, 5.41) is 5.58. The monoisotopic (exact) mass is 458 g/mol. The molecule has 164 valence electrons. The normalized spacial score (nSPS) is 17.2. The third-order valence-electron chi connectivity index (χ3n) is 4.44. The van der Waals surface area contributed by atoms with E-state index in [-0.39, 0.29) is 17.6 Å². The molecule has 1 atom stereocenters. The Morgan fingerprint density at radius 2 is 1.80 bits per heavy atom. The zero-order valence-electron chi connectivity index (χ0n) is 16.3. The Bertz CT molecular complexity index is 1150. The van der Waals surface area contributed by atoms with Gasteiger partial charge in [0.15, 0.2) is 0 Å². The van der Waals surface area contributed by atoms with Crippen molar-refractivity contribution in [3.8, 4) is 0 Å². The molecule has 4 N–H and O–H groups in total. The van der Waals surface area contributed by atoms with Crippen LogP contribution in [0.2, 0.25) is 0 Å². The van der Waals surface area contributed by atoms with E-state index < -0.39 is 30.0 Å². The molecule has 12 nitrogen and oxygen atoms in total. The zero-order chi connectivity index (χ0) is 22.1. The van der Waals surface area contributed by atoms with Crippen molar-refractivity contribution in [2.75, 3.05) is 35.2 Å². The van der Waals surface area contributed by atoms with Crippen LogP contribution in [0.25, 0.3) is 0 Å². The van der Waals surface area contributed by atoms with E-state index in [0.717, 1.165) is 37.7 Å². The lowest BCUT2D eigenvalue weighted by atomic mass is 10.2. The van der Waals surface area contributed by atoms with Crippen molar-refractivity contribution in [2.24, 2.45) is 5.92 Å². The molecule has 0 bridgehead atoms. The Balaban J connectivity index is 2.07. The highest BCUT2D eigenvalue weighted by Crippen LogP contribution is 2.28. The fourth-order valence-electron chi connectivity index (χ4n) is 3.03. The third-order valence-corrected chi connectivity index (χ3v) is 6.20. The molecule has 1 aliphatic heterocycles. The molecule has 0 amide bonds. The summed E-state index contributed by atoms with van der Waals surface area (Å²) in [6.45, 7) is 5.95. The van der Waals surface area contributed by atoms with Crippen molar-refractivity contribution >= 4 is 43.8 Å². The minimum absolute atomic E-state index is 0.0621. The van der Waals surface area contributed by atoms with E-state index in [4.69, 9.17) is 0 Å². The lowest BCUT2D eigenvalue weighted by Crippen LogP contribution is -2.23. The van der Waals surface area contributed by atoms with Gasteiger partial charge in [0.2, 0.25) is 17.8 Å². The second-order valence-corrected chi connectivity index (χ2v) is 9.70. The fraction of sp³-hybridized carbons (Fsp3) is 0.438. The molecule has 1 aromatic heterocycles. The van der Waals surface area contributed by atoms with Crippen LogP contribution in [0.4, 0.5) is 23.5 Å². The van der Waals surface area contributed by atoms with Crippen molar-refractivity contribution in [2.45, 2.75) is 30.1 Å². The van der Waals surface area contributed by atoms with Gasteiger partial charge < -0.3 is 15.5 Å². The van der Waals surface area contributed by atoms with Crippen molar-refractivity contribution in [3.05, 3.63) is 18.2 Å². The van der Waals surface area contributed by atoms with E-state index in [1.54, 1.807) is 0 Å². The first kappa shape index (κ1) is 22.1. The molecule has 0 saturated carbocycles. The zero-order valence-corrected chi connectivity index (χ0v) is 17.9. The largest absolute Gasteiger partial charge is 0.354 e. The van der Waals surface area contributed by atoms with Crippen molar-refractivity contribution in [1.82, 2.24) is 15.0 Å². The molecule has 2 heterocycles. The minimum Gasteiger partial charge on any atom is -0.354 e. The van der Waals surface area contributed by atoms with Gasteiger partial charge >= 0.3 is 0 Å². The number of nitrogens with zero attached hydrogens (tertiary/aromatic N) is 4. The fourth-order valence-corrected chi connectivity index (χ4v) is 4.16. The quantitative estimate of drug-likeness (QED) is 0.439. The first-order valence-electron chi connectivity index (χ1n) is 9.08. The van der Waals surface area contributed by atoms with E-state index in [1.165, 1.54) is 0 Å². The van der Waals surface area contributed by atoms with Gasteiger partial charge in [0, 0.05) is 19.6 Å². The molecular formula is C16H22N6O6S2. The summed E-state index contributed by atoms with van der Waals surface area (Å²) in [4.78, 5) is 13.6. The number of aromatic nitrogens is 3. The van der Waals surface area contributed by atoms with Gasteiger partial charge in [-0.15, -0.1) is 0 Å². The van der Waals surface area contributed by atoms with Crippen LogP contribution < -0.4 is 15.5 Å². The van der Waals surface area contributed by atoms with Crippen molar-refractivity contribution in [1.29, 1.82) is 0 Å². The predicted molar refractivity (Wildman–Crippen MR) is 109 cm³/mol. The van der Waals surface area contributed by atoms with Gasteiger partial charge in [0.1, 0.15) is 4.90 Å². The van der Waals surface area contributed by atoms with E-state index in [0.29, 0.717) is 18.4 Å². The summed E-state index contributed by atoms with van der Waals surface area (Å²) in [5.41, 5.74) is -0.318. The van der Waals surface area contributed by atoms with Gasteiger partial charge in [-0.3, -0.25) is 9.11 Å². The lowest BCUT2D eigenvalue weighted by molar-refractivity contribution is 0.479. The first-order chi connectivity index (χ1) is 14.0. The number of nitrogens with one attached hydrogen (secondary N) is 2. The SMILES string of the molecule is CCNc1nc(Nc2cc(S(=O)(=O)O)ccc2S(=O)(=O)O)nc(N2CCC(C)C2)n1. The highest BCUT2D eigenvalue weighted by molar-refractivity contribution is 7.86. The van der Waals surface area contributed by atoms with Crippen LogP contribution in [0, 0.1) is 5.92 Å². The van der Waals surface area contributed by atoms with Crippen LogP contribution in [0.15, 0.2) is 28.0 Å². The van der Waals surface area contributed by atoms with Crippen LogP contribution in [-0.4, -0.2) is 60.5 Å². The van der Waals surface area contributed by atoms with Gasteiger partial charge in [-0.2, -0.15) is 31.8 Å². The Kier molecular flexibility index (Phi) is 6.12. The third kappa shape index (κ3) is 5.13. The second-order valence-electron chi connectivity index (χ2n) is 6.89. The average molecular weight is 459 g/mol. The molecule has 14 heteroatoms. The number of hydrogen-bond acceptors (Lipinski definition) is 10. The molecule has 0 spiro atoms. The average Bonchev–Trinajstić information content (AvgIpc) is 3.06. The molecule has 1 fully saturated rings. The molecule has 0 aliphatic carbocycles. The van der Waals surface area contributed by atoms with E-state index in [9.17, 15) is 25.9 Å². The van der Waals surface area contributed by atoms with Gasteiger partial charge in [0.25, 0.3) is 20.2 Å². The van der Waals surface area contributed by atoms with E-state index in [1.807, 2.05) is 11.8 Å². The Morgan fingerprint density at radius 1 is 1.10 bits per heavy atom. The molecular weight excluding hydrogens is 436 g/mol. The summed E-state index contributed by atoms with van der Waals surface area (Å²) in [7, 11) is -9.32. The molecule has 1 aliphatic rings. The highest BCUT2D eigenvalue weighted by Gasteiger charge is 2.24. The highest BCUT2D eigenvalue weighted by atomic mass is 32.2. The van der Waals surface area contributed by atoms with Crippen molar-refractivity contribution in [3.63, 3.8) is 0 Å². The Hall–Kier alpha value is -2.55. The van der Waals surface area contributed by atoms with Crippen LogP contribution in [0.3, 0.4) is 0 Å². The molecule has 1 unspecified atom stereocenters. The second kappa shape index (κ2) is 8.29. The summed E-state index contributed by atoms with van der Waals surface area (Å²) in [6, 6.07) is 2.58.